The Balaban J connectivity index is 2.21. The van der Waals surface area contributed by atoms with Crippen LogP contribution in [0.4, 0.5) is 32.0 Å². The number of hydrogen-bond donors (Lipinski definition) is 2. The van der Waals surface area contributed by atoms with Crippen LogP contribution in [0.2, 0.25) is 5.02 Å². The van der Waals surface area contributed by atoms with E-state index in [1.54, 1.807) is 0 Å². The monoisotopic (exact) mass is 435 g/mol. The predicted octanol–water partition coefficient (Wildman–Crippen LogP) is 5.73. The fourth-order valence-electron chi connectivity index (χ4n) is 2.87. The SMILES string of the molecule is Cn1nc(C(F)(F)F)cc1-c1ccc(N)c(-c2ccc(Cl)c(C(F)(F)F)c2)c1O. The maximum Gasteiger partial charge on any atom is 0.435 e. The summed E-state index contributed by atoms with van der Waals surface area (Å²) in [5.74, 6) is -0.586. The van der Waals surface area contributed by atoms with Crippen LogP contribution in [0.3, 0.4) is 0 Å². The van der Waals surface area contributed by atoms with Crippen LogP contribution >= 0.6 is 11.6 Å². The van der Waals surface area contributed by atoms with Crippen molar-refractivity contribution < 1.29 is 31.4 Å². The summed E-state index contributed by atoms with van der Waals surface area (Å²) in [7, 11) is 1.24. The number of nitrogens with zero attached hydrogens (tertiary/aromatic N) is 2. The van der Waals surface area contributed by atoms with Crippen molar-refractivity contribution in [3.63, 3.8) is 0 Å². The second-order valence-electron chi connectivity index (χ2n) is 6.15. The van der Waals surface area contributed by atoms with Crippen LogP contribution in [0.1, 0.15) is 11.3 Å². The first-order chi connectivity index (χ1) is 13.3. The van der Waals surface area contributed by atoms with E-state index in [2.05, 4.69) is 5.10 Å². The number of benzene rings is 2. The van der Waals surface area contributed by atoms with Gasteiger partial charge in [-0.2, -0.15) is 31.4 Å². The minimum atomic E-state index is -4.75. The van der Waals surface area contributed by atoms with E-state index in [0.29, 0.717) is 6.07 Å². The standard InChI is InChI=1S/C18H12ClF6N3O/c1-28-13(7-14(27-28)18(23,24)25)9-3-5-12(26)15(16(9)29)8-2-4-11(19)10(6-8)17(20,21)22/h2-7,29H,26H2,1H3. The van der Waals surface area contributed by atoms with Gasteiger partial charge in [0.05, 0.1) is 16.3 Å². The summed E-state index contributed by atoms with van der Waals surface area (Å²) in [6.45, 7) is 0. The van der Waals surface area contributed by atoms with Crippen molar-refractivity contribution >= 4 is 17.3 Å². The molecule has 29 heavy (non-hydrogen) atoms. The Morgan fingerprint density at radius 1 is 1.00 bits per heavy atom. The Hall–Kier alpha value is -2.88. The number of anilines is 1. The molecule has 0 spiro atoms. The fourth-order valence-corrected chi connectivity index (χ4v) is 3.10. The van der Waals surface area contributed by atoms with Crippen molar-refractivity contribution in [3.8, 4) is 28.1 Å². The van der Waals surface area contributed by atoms with Crippen LogP contribution in [0, 0.1) is 0 Å². The maximum atomic E-state index is 13.2. The topological polar surface area (TPSA) is 64.1 Å². The van der Waals surface area contributed by atoms with Gasteiger partial charge >= 0.3 is 12.4 Å². The highest BCUT2D eigenvalue weighted by Crippen LogP contribution is 2.45. The molecular formula is C18H12ClF6N3O. The third-order valence-corrected chi connectivity index (χ3v) is 4.55. The van der Waals surface area contributed by atoms with E-state index in [4.69, 9.17) is 17.3 Å². The quantitative estimate of drug-likeness (QED) is 0.399. The minimum Gasteiger partial charge on any atom is -0.507 e. The van der Waals surface area contributed by atoms with Gasteiger partial charge in [-0.3, -0.25) is 4.68 Å². The molecule has 0 bridgehead atoms. The molecular weight excluding hydrogens is 424 g/mol. The van der Waals surface area contributed by atoms with Crippen molar-refractivity contribution in [1.29, 1.82) is 0 Å². The Kier molecular flexibility index (Phi) is 4.94. The minimum absolute atomic E-state index is 0.0695. The third kappa shape index (κ3) is 3.84. The molecule has 3 rings (SSSR count). The third-order valence-electron chi connectivity index (χ3n) is 4.22. The van der Waals surface area contributed by atoms with Gasteiger partial charge in [-0.1, -0.05) is 17.7 Å². The summed E-state index contributed by atoms with van der Waals surface area (Å²) in [4.78, 5) is 0. The molecule has 0 fully saturated rings. The molecule has 154 valence electrons. The first kappa shape index (κ1) is 20.8. The number of rotatable bonds is 2. The van der Waals surface area contributed by atoms with Gasteiger partial charge < -0.3 is 10.8 Å². The summed E-state index contributed by atoms with van der Waals surface area (Å²) in [5, 5.41) is 13.5. The molecule has 0 unspecified atom stereocenters. The lowest BCUT2D eigenvalue weighted by Gasteiger charge is -2.15. The van der Waals surface area contributed by atoms with E-state index in [-0.39, 0.29) is 28.1 Å². The molecule has 0 amide bonds. The van der Waals surface area contributed by atoms with E-state index >= 15 is 0 Å². The summed E-state index contributed by atoms with van der Waals surface area (Å²) in [5.41, 5.74) is 3.00. The molecule has 0 aliphatic rings. The predicted molar refractivity (Wildman–Crippen MR) is 95.2 cm³/mol. The smallest absolute Gasteiger partial charge is 0.435 e. The summed E-state index contributed by atoms with van der Waals surface area (Å²) < 4.78 is 79.2. The lowest BCUT2D eigenvalue weighted by atomic mass is 9.96. The molecule has 3 N–H and O–H groups in total. The molecule has 4 nitrogen and oxygen atoms in total. The summed E-state index contributed by atoms with van der Waals surface area (Å²) >= 11 is 5.61. The zero-order valence-corrected chi connectivity index (χ0v) is 15.3. The molecule has 0 saturated heterocycles. The summed E-state index contributed by atoms with van der Waals surface area (Å²) in [6, 6.07) is 6.17. The zero-order chi connectivity index (χ0) is 21.7. The van der Waals surface area contributed by atoms with Gasteiger partial charge in [-0.05, 0) is 35.9 Å². The van der Waals surface area contributed by atoms with Crippen molar-refractivity contribution in [1.82, 2.24) is 9.78 Å². The first-order valence-corrected chi connectivity index (χ1v) is 8.28. The highest BCUT2D eigenvalue weighted by molar-refractivity contribution is 6.31. The highest BCUT2D eigenvalue weighted by atomic mass is 35.5. The Morgan fingerprint density at radius 2 is 1.66 bits per heavy atom. The lowest BCUT2D eigenvalue weighted by Crippen LogP contribution is -2.06. The molecule has 0 radical (unpaired) electrons. The number of nitrogen functional groups attached to an aromatic ring is 1. The van der Waals surface area contributed by atoms with Gasteiger partial charge in [-0.25, -0.2) is 0 Å². The Bertz CT molecular complexity index is 1090. The van der Waals surface area contributed by atoms with E-state index in [0.717, 1.165) is 16.8 Å². The van der Waals surface area contributed by atoms with Crippen LogP contribution in [0.5, 0.6) is 5.75 Å². The Morgan fingerprint density at radius 3 is 2.21 bits per heavy atom. The lowest BCUT2D eigenvalue weighted by molar-refractivity contribution is -0.141. The summed E-state index contributed by atoms with van der Waals surface area (Å²) in [6.07, 6.45) is -9.46. The van der Waals surface area contributed by atoms with Gasteiger partial charge in [0, 0.05) is 23.9 Å². The van der Waals surface area contributed by atoms with E-state index in [1.165, 1.54) is 25.2 Å². The van der Waals surface area contributed by atoms with Gasteiger partial charge in [0.15, 0.2) is 5.69 Å². The van der Waals surface area contributed by atoms with Crippen LogP contribution < -0.4 is 5.73 Å². The van der Waals surface area contributed by atoms with Gasteiger partial charge in [0.2, 0.25) is 0 Å². The van der Waals surface area contributed by atoms with Crippen LogP contribution in [0.25, 0.3) is 22.4 Å². The van der Waals surface area contributed by atoms with E-state index in [1.807, 2.05) is 0 Å². The molecule has 1 aromatic heterocycles. The Labute approximate surface area is 165 Å². The number of hydrogen-bond acceptors (Lipinski definition) is 3. The van der Waals surface area contributed by atoms with Crippen molar-refractivity contribution in [2.45, 2.75) is 12.4 Å². The highest BCUT2D eigenvalue weighted by Gasteiger charge is 2.36. The molecule has 0 atom stereocenters. The number of nitrogens with two attached hydrogens (primary N) is 1. The van der Waals surface area contributed by atoms with E-state index < -0.39 is 34.4 Å². The fraction of sp³-hybridized carbons (Fsp3) is 0.167. The normalized spacial score (nSPS) is 12.4. The van der Waals surface area contributed by atoms with E-state index in [9.17, 15) is 31.4 Å². The van der Waals surface area contributed by atoms with Crippen molar-refractivity contribution in [2.24, 2.45) is 7.05 Å². The molecule has 1 heterocycles. The number of aryl methyl sites for hydroxylation is 1. The maximum absolute atomic E-state index is 13.2. The number of aromatic nitrogens is 2. The average Bonchev–Trinajstić information content (AvgIpc) is 2.97. The molecule has 0 aliphatic heterocycles. The average molecular weight is 436 g/mol. The first-order valence-electron chi connectivity index (χ1n) is 7.91. The van der Waals surface area contributed by atoms with Crippen molar-refractivity contribution in [2.75, 3.05) is 5.73 Å². The second-order valence-corrected chi connectivity index (χ2v) is 6.56. The number of halogens is 7. The number of phenols is 1. The molecule has 2 aromatic carbocycles. The second kappa shape index (κ2) is 6.87. The van der Waals surface area contributed by atoms with Gasteiger partial charge in [0.25, 0.3) is 0 Å². The molecule has 11 heteroatoms. The molecule has 0 saturated carbocycles. The number of aromatic hydroxyl groups is 1. The molecule has 3 aromatic rings. The van der Waals surface area contributed by atoms with Gasteiger partial charge in [-0.15, -0.1) is 0 Å². The molecule has 0 aliphatic carbocycles. The van der Waals surface area contributed by atoms with Crippen LogP contribution in [0.15, 0.2) is 36.4 Å². The van der Waals surface area contributed by atoms with Crippen molar-refractivity contribution in [3.05, 3.63) is 52.7 Å². The largest absolute Gasteiger partial charge is 0.507 e. The number of alkyl halides is 6. The number of phenolic OH excluding ortho intramolecular Hbond substituents is 1. The van der Waals surface area contributed by atoms with Gasteiger partial charge in [0.1, 0.15) is 5.75 Å². The van der Waals surface area contributed by atoms with Crippen LogP contribution in [-0.4, -0.2) is 14.9 Å². The van der Waals surface area contributed by atoms with Crippen LogP contribution in [-0.2, 0) is 19.4 Å². The zero-order valence-electron chi connectivity index (χ0n) is 14.5.